The molecule has 2 N–H and O–H groups in total. The van der Waals surface area contributed by atoms with Crippen molar-refractivity contribution in [1.29, 1.82) is 0 Å². The Bertz CT molecular complexity index is 2130. The van der Waals surface area contributed by atoms with E-state index in [9.17, 15) is 24.6 Å². The number of phenolic OH excluding ortho intramolecular Hbond substituents is 2. The fraction of sp³-hybridized carbons (Fsp3) is 0.286. The average molecular weight is 717 g/mol. The van der Waals surface area contributed by atoms with Crippen molar-refractivity contribution in [2.24, 2.45) is 23.7 Å². The molecule has 2 aliphatic heterocycles. The van der Waals surface area contributed by atoms with Gasteiger partial charge in [-0.05, 0) is 79.6 Å². The molecule has 52 heavy (non-hydrogen) atoms. The number of aromatic hydroxyl groups is 2. The minimum Gasteiger partial charge on any atom is -0.508 e. The van der Waals surface area contributed by atoms with Crippen molar-refractivity contribution < 1.29 is 34.1 Å². The van der Waals surface area contributed by atoms with E-state index in [4.69, 9.17) is 16.3 Å². The first-order chi connectivity index (χ1) is 25.2. The number of ether oxygens (including phenoxy) is 1. The fourth-order valence-electron chi connectivity index (χ4n) is 9.32. The van der Waals surface area contributed by atoms with Gasteiger partial charge in [-0.2, -0.15) is 0 Å². The topological polar surface area (TPSA) is 124 Å². The predicted octanol–water partition coefficient (Wildman–Crippen LogP) is 6.56. The van der Waals surface area contributed by atoms with Crippen molar-refractivity contribution in [2.45, 2.75) is 37.5 Å². The predicted molar refractivity (Wildman–Crippen MR) is 194 cm³/mol. The van der Waals surface area contributed by atoms with Gasteiger partial charge in [-0.3, -0.25) is 24.1 Å². The Kier molecular flexibility index (Phi) is 8.41. The molecule has 0 unspecified atom stereocenters. The zero-order chi connectivity index (χ0) is 36.3. The molecular formula is C42H37ClN2O7. The van der Waals surface area contributed by atoms with Gasteiger partial charge in [0.05, 0.1) is 35.5 Å². The molecule has 0 radical (unpaired) electrons. The Morgan fingerprint density at radius 1 is 0.846 bits per heavy atom. The molecule has 4 aliphatic rings. The molecule has 4 amide bonds. The highest BCUT2D eigenvalue weighted by atomic mass is 35.5. The maximum Gasteiger partial charge on any atom is 0.246 e. The van der Waals surface area contributed by atoms with Crippen molar-refractivity contribution in [3.63, 3.8) is 0 Å². The molecule has 3 fully saturated rings. The number of allylic oxidation sites excluding steroid dienone is 2. The largest absolute Gasteiger partial charge is 0.508 e. The third-order valence-electron chi connectivity index (χ3n) is 11.5. The molecule has 4 aromatic rings. The van der Waals surface area contributed by atoms with Gasteiger partial charge in [0.2, 0.25) is 23.6 Å². The Hall–Kier alpha value is -5.41. The van der Waals surface area contributed by atoms with Gasteiger partial charge in [-0.1, -0.05) is 83.9 Å². The second-order valence-electron chi connectivity index (χ2n) is 14.0. The highest BCUT2D eigenvalue weighted by molar-refractivity contribution is 6.32. The first-order valence-electron chi connectivity index (χ1n) is 17.6. The summed E-state index contributed by atoms with van der Waals surface area (Å²) < 4.78 is 5.82. The van der Waals surface area contributed by atoms with E-state index in [0.29, 0.717) is 34.9 Å². The van der Waals surface area contributed by atoms with E-state index in [1.807, 2.05) is 43.3 Å². The van der Waals surface area contributed by atoms with Crippen molar-refractivity contribution in [1.82, 2.24) is 4.90 Å². The summed E-state index contributed by atoms with van der Waals surface area (Å²) in [4.78, 5) is 61.2. The number of anilines is 1. The molecule has 1 saturated carbocycles. The minimum atomic E-state index is -1.51. The van der Waals surface area contributed by atoms with E-state index >= 15 is 4.79 Å². The number of hydrogen-bond donors (Lipinski definition) is 2. The number of imide groups is 2. The minimum absolute atomic E-state index is 0.131. The monoisotopic (exact) mass is 716 g/mol. The number of phenols is 2. The fourth-order valence-corrected chi connectivity index (χ4v) is 9.51. The van der Waals surface area contributed by atoms with Crippen LogP contribution in [0.3, 0.4) is 0 Å². The summed E-state index contributed by atoms with van der Waals surface area (Å²) in [5, 5.41) is 22.0. The van der Waals surface area contributed by atoms with Gasteiger partial charge < -0.3 is 14.9 Å². The van der Waals surface area contributed by atoms with Gasteiger partial charge in [-0.15, -0.1) is 0 Å². The van der Waals surface area contributed by atoms with Crippen LogP contribution in [-0.2, 0) is 31.0 Å². The SMILES string of the molecule is CCOc1cccc([C@H]2C3=CC[C@@H]4C(=O)N(CCc5ccc(O)cc5)C(=O)[C@@H]4[C@@H]3C[C@H]3C(=O)N(c4cccc(Cl)c4)C(=O)[C@@]23c2ccccc2)c1O. The molecule has 0 spiro atoms. The number of halogens is 1. The van der Waals surface area contributed by atoms with Crippen molar-refractivity contribution in [2.75, 3.05) is 18.1 Å². The van der Waals surface area contributed by atoms with E-state index in [2.05, 4.69) is 0 Å². The normalized spacial score (nSPS) is 26.6. The van der Waals surface area contributed by atoms with Crippen LogP contribution in [0.1, 0.15) is 42.4 Å². The van der Waals surface area contributed by atoms with Crippen LogP contribution in [0.15, 0.2) is 109 Å². The lowest BCUT2D eigenvalue weighted by Gasteiger charge is -2.50. The maximum absolute atomic E-state index is 15.4. The quantitative estimate of drug-likeness (QED) is 0.157. The zero-order valence-electron chi connectivity index (χ0n) is 28.4. The van der Waals surface area contributed by atoms with Crippen LogP contribution < -0.4 is 9.64 Å². The standard InChI is InChI=1S/C42H37ClN2O7/c1-2-52-34-13-7-12-31(37(34)47)36-29-18-19-30-35(40(50)44(38(30)48)21-20-24-14-16-28(46)17-15-24)32(29)23-33-39(49)45(27-11-6-10-26(43)22-27)41(51)42(33,36)25-8-4-3-5-9-25/h3-18,22,30,32-33,35-36,46-47H,2,19-21,23H2,1H3/t30-,32+,33-,35-,36+,42+/m0/s1. The van der Waals surface area contributed by atoms with Crippen LogP contribution in [-0.4, -0.2) is 51.9 Å². The Morgan fingerprint density at radius 3 is 2.33 bits per heavy atom. The van der Waals surface area contributed by atoms with E-state index < -0.39 is 46.8 Å². The van der Waals surface area contributed by atoms with E-state index in [0.717, 1.165) is 11.1 Å². The molecule has 2 aliphatic carbocycles. The number of likely N-dealkylation sites (tertiary alicyclic amines) is 1. The summed E-state index contributed by atoms with van der Waals surface area (Å²) in [6.07, 6.45) is 2.81. The lowest BCUT2D eigenvalue weighted by Crippen LogP contribution is -2.53. The summed E-state index contributed by atoms with van der Waals surface area (Å²) in [5.74, 6) is -4.96. The highest BCUT2D eigenvalue weighted by Gasteiger charge is 2.70. The number of para-hydroxylation sites is 1. The number of carbonyl (C=O) groups is 4. The lowest BCUT2D eigenvalue weighted by molar-refractivity contribution is -0.140. The van der Waals surface area contributed by atoms with Crippen LogP contribution >= 0.6 is 11.6 Å². The smallest absolute Gasteiger partial charge is 0.246 e. The molecule has 4 aromatic carbocycles. The van der Waals surface area contributed by atoms with Crippen molar-refractivity contribution >= 4 is 40.9 Å². The summed E-state index contributed by atoms with van der Waals surface area (Å²) >= 11 is 6.40. The number of hydrogen-bond acceptors (Lipinski definition) is 7. The summed E-state index contributed by atoms with van der Waals surface area (Å²) in [5.41, 5.74) is 1.46. The van der Waals surface area contributed by atoms with Crippen LogP contribution in [0, 0.1) is 23.7 Å². The molecule has 9 nitrogen and oxygen atoms in total. The van der Waals surface area contributed by atoms with Gasteiger partial charge in [-0.25, -0.2) is 4.90 Å². The number of fused-ring (bicyclic) bond motifs is 4. The third kappa shape index (κ3) is 5.05. The summed E-state index contributed by atoms with van der Waals surface area (Å²) in [6.45, 7) is 2.28. The second-order valence-corrected chi connectivity index (χ2v) is 14.4. The van der Waals surface area contributed by atoms with Crippen molar-refractivity contribution in [3.05, 3.63) is 130 Å². The van der Waals surface area contributed by atoms with Crippen LogP contribution in [0.25, 0.3) is 0 Å². The summed E-state index contributed by atoms with van der Waals surface area (Å²) in [7, 11) is 0. The second kappa shape index (κ2) is 13.0. The van der Waals surface area contributed by atoms with Crippen molar-refractivity contribution in [3.8, 4) is 17.2 Å². The van der Waals surface area contributed by atoms with Gasteiger partial charge in [0.15, 0.2) is 11.5 Å². The molecule has 0 aromatic heterocycles. The molecule has 6 atom stereocenters. The molecule has 10 heteroatoms. The molecule has 2 saturated heterocycles. The van der Waals surface area contributed by atoms with Gasteiger partial charge in [0, 0.05) is 23.0 Å². The Labute approximate surface area is 306 Å². The van der Waals surface area contributed by atoms with Crippen LogP contribution in [0.2, 0.25) is 5.02 Å². The zero-order valence-corrected chi connectivity index (χ0v) is 29.2. The number of carbonyl (C=O) groups excluding carboxylic acids is 4. The van der Waals surface area contributed by atoms with Gasteiger partial charge >= 0.3 is 0 Å². The maximum atomic E-state index is 15.4. The van der Waals surface area contributed by atoms with Crippen LogP contribution in [0.4, 0.5) is 5.69 Å². The van der Waals surface area contributed by atoms with E-state index in [-0.39, 0.29) is 48.4 Å². The molecular weight excluding hydrogens is 680 g/mol. The Balaban J connectivity index is 1.29. The molecule has 0 bridgehead atoms. The first kappa shape index (κ1) is 33.7. The number of rotatable bonds is 8. The highest BCUT2D eigenvalue weighted by Crippen LogP contribution is 2.65. The Morgan fingerprint density at radius 2 is 1.60 bits per heavy atom. The first-order valence-corrected chi connectivity index (χ1v) is 18.0. The molecule has 8 rings (SSSR count). The van der Waals surface area contributed by atoms with Crippen LogP contribution in [0.5, 0.6) is 17.2 Å². The average Bonchev–Trinajstić information content (AvgIpc) is 3.53. The van der Waals surface area contributed by atoms with Gasteiger partial charge in [0.1, 0.15) is 5.75 Å². The van der Waals surface area contributed by atoms with E-state index in [1.54, 1.807) is 66.7 Å². The third-order valence-corrected chi connectivity index (χ3v) is 11.7. The number of benzene rings is 4. The number of nitrogens with zero attached hydrogens (tertiary/aromatic N) is 2. The lowest BCUT2D eigenvalue weighted by atomic mass is 9.49. The number of amides is 4. The van der Waals surface area contributed by atoms with E-state index in [1.165, 1.54) is 9.80 Å². The summed E-state index contributed by atoms with van der Waals surface area (Å²) in [6, 6.07) is 27.7. The molecule has 2 heterocycles. The van der Waals surface area contributed by atoms with Gasteiger partial charge in [0.25, 0.3) is 0 Å². The molecule has 264 valence electrons.